The number of carbonyl (C=O) groups excluding carboxylic acids is 1. The number of aliphatic carboxylic acids is 1. The molecule has 0 fully saturated rings. The summed E-state index contributed by atoms with van der Waals surface area (Å²) in [5, 5.41) is 8.63. The van der Waals surface area contributed by atoms with Crippen LogP contribution < -0.4 is 14.2 Å². The van der Waals surface area contributed by atoms with E-state index in [0.29, 0.717) is 28.4 Å². The first-order valence-corrected chi connectivity index (χ1v) is 7.43. The van der Waals surface area contributed by atoms with Gasteiger partial charge in [0.2, 0.25) is 0 Å². The molecular formula is C19H18O6. The fourth-order valence-electron chi connectivity index (χ4n) is 2.19. The average molecular weight is 342 g/mol. The molecule has 2 aromatic carbocycles. The number of carbonyl (C=O) groups is 2. The van der Waals surface area contributed by atoms with Crippen LogP contribution in [0, 0.1) is 0 Å². The number of ether oxygens (including phenoxy) is 3. The van der Waals surface area contributed by atoms with Crippen molar-refractivity contribution in [3.05, 3.63) is 59.7 Å². The molecule has 0 aliphatic carbocycles. The standard InChI is InChI=1S/C19H18O6/c1-23-17-8-4-5-13(19(17)24-2)9-10-16(20)14-6-3-7-15(11-14)25-12-18(21)22/h3-11H,12H2,1-2H3,(H,21,22)/b10-9+. The molecular weight excluding hydrogens is 324 g/mol. The summed E-state index contributed by atoms with van der Waals surface area (Å²) in [4.78, 5) is 22.9. The van der Waals surface area contributed by atoms with E-state index in [1.54, 1.807) is 49.6 Å². The maximum absolute atomic E-state index is 12.3. The fourth-order valence-corrected chi connectivity index (χ4v) is 2.19. The van der Waals surface area contributed by atoms with Gasteiger partial charge in [-0.1, -0.05) is 24.3 Å². The number of allylic oxidation sites excluding steroid dienone is 1. The molecule has 0 saturated heterocycles. The van der Waals surface area contributed by atoms with Crippen molar-refractivity contribution >= 4 is 17.8 Å². The quantitative estimate of drug-likeness (QED) is 0.586. The van der Waals surface area contributed by atoms with Crippen LogP contribution in [0.4, 0.5) is 0 Å². The van der Waals surface area contributed by atoms with Crippen molar-refractivity contribution < 1.29 is 28.9 Å². The Bertz CT molecular complexity index is 794. The molecule has 6 nitrogen and oxygen atoms in total. The third-order valence-corrected chi connectivity index (χ3v) is 3.33. The van der Waals surface area contributed by atoms with Gasteiger partial charge in [0.1, 0.15) is 5.75 Å². The summed E-state index contributed by atoms with van der Waals surface area (Å²) >= 11 is 0. The minimum absolute atomic E-state index is 0.245. The predicted octanol–water partition coefficient (Wildman–Crippen LogP) is 3.06. The van der Waals surface area contributed by atoms with E-state index >= 15 is 0 Å². The lowest BCUT2D eigenvalue weighted by Crippen LogP contribution is -2.09. The van der Waals surface area contributed by atoms with Crippen molar-refractivity contribution in [3.8, 4) is 17.2 Å². The van der Waals surface area contributed by atoms with E-state index in [-0.39, 0.29) is 5.78 Å². The summed E-state index contributed by atoms with van der Waals surface area (Å²) in [7, 11) is 3.07. The molecule has 0 unspecified atom stereocenters. The molecule has 0 aliphatic heterocycles. The highest BCUT2D eigenvalue weighted by Gasteiger charge is 2.09. The number of ketones is 1. The second kappa shape index (κ2) is 8.54. The summed E-state index contributed by atoms with van der Waals surface area (Å²) in [5.74, 6) is 0.0989. The van der Waals surface area contributed by atoms with Gasteiger partial charge in [0, 0.05) is 11.1 Å². The molecule has 0 spiro atoms. The van der Waals surface area contributed by atoms with E-state index < -0.39 is 12.6 Å². The molecule has 0 saturated carbocycles. The van der Waals surface area contributed by atoms with Crippen LogP contribution in [0.5, 0.6) is 17.2 Å². The normalized spacial score (nSPS) is 10.5. The van der Waals surface area contributed by atoms with Crippen molar-refractivity contribution in [1.82, 2.24) is 0 Å². The van der Waals surface area contributed by atoms with Crippen LogP contribution in [0.15, 0.2) is 48.5 Å². The summed E-state index contributed by atoms with van der Waals surface area (Å²) in [6.45, 7) is -0.464. The van der Waals surface area contributed by atoms with Gasteiger partial charge in [0.15, 0.2) is 23.9 Å². The Morgan fingerprint density at radius 2 is 1.84 bits per heavy atom. The average Bonchev–Trinajstić information content (AvgIpc) is 2.64. The third-order valence-electron chi connectivity index (χ3n) is 3.33. The lowest BCUT2D eigenvalue weighted by molar-refractivity contribution is -0.139. The Morgan fingerprint density at radius 1 is 1.08 bits per heavy atom. The topological polar surface area (TPSA) is 82.1 Å². The van der Waals surface area contributed by atoms with E-state index in [9.17, 15) is 9.59 Å². The molecule has 2 rings (SSSR count). The number of carboxylic acids is 1. The van der Waals surface area contributed by atoms with Crippen molar-refractivity contribution in [2.75, 3.05) is 20.8 Å². The lowest BCUT2D eigenvalue weighted by atomic mass is 10.1. The molecule has 0 amide bonds. The minimum atomic E-state index is -1.08. The molecule has 0 radical (unpaired) electrons. The van der Waals surface area contributed by atoms with Crippen LogP contribution in [0.3, 0.4) is 0 Å². The van der Waals surface area contributed by atoms with Gasteiger partial charge in [0.05, 0.1) is 14.2 Å². The molecule has 0 aliphatic rings. The first-order valence-electron chi connectivity index (χ1n) is 7.43. The zero-order chi connectivity index (χ0) is 18.2. The second-order valence-electron chi connectivity index (χ2n) is 4.99. The monoisotopic (exact) mass is 342 g/mol. The zero-order valence-electron chi connectivity index (χ0n) is 13.9. The van der Waals surface area contributed by atoms with Crippen LogP contribution in [-0.4, -0.2) is 37.7 Å². The molecule has 0 aromatic heterocycles. The van der Waals surface area contributed by atoms with E-state index in [1.807, 2.05) is 0 Å². The molecule has 6 heteroatoms. The lowest BCUT2D eigenvalue weighted by Gasteiger charge is -2.09. The Balaban J connectivity index is 2.18. The second-order valence-corrected chi connectivity index (χ2v) is 4.99. The summed E-state index contributed by atoms with van der Waals surface area (Å²) < 4.78 is 15.6. The van der Waals surface area contributed by atoms with Gasteiger partial charge >= 0.3 is 5.97 Å². The maximum atomic E-state index is 12.3. The van der Waals surface area contributed by atoms with Crippen LogP contribution in [-0.2, 0) is 4.79 Å². The number of hydrogen-bond acceptors (Lipinski definition) is 5. The SMILES string of the molecule is COc1cccc(/C=C/C(=O)c2cccc(OCC(=O)O)c2)c1OC. The van der Waals surface area contributed by atoms with Crippen LogP contribution in [0.25, 0.3) is 6.08 Å². The molecule has 0 heterocycles. The molecule has 0 atom stereocenters. The number of carboxylic acid groups (broad SMARTS) is 1. The Labute approximate surface area is 145 Å². The fraction of sp³-hybridized carbons (Fsp3) is 0.158. The van der Waals surface area contributed by atoms with E-state index in [0.717, 1.165) is 0 Å². The largest absolute Gasteiger partial charge is 0.493 e. The van der Waals surface area contributed by atoms with E-state index in [2.05, 4.69) is 0 Å². The van der Waals surface area contributed by atoms with Gasteiger partial charge in [-0.15, -0.1) is 0 Å². The zero-order valence-corrected chi connectivity index (χ0v) is 13.9. The smallest absolute Gasteiger partial charge is 0.341 e. The van der Waals surface area contributed by atoms with Crippen molar-refractivity contribution in [1.29, 1.82) is 0 Å². The highest BCUT2D eigenvalue weighted by atomic mass is 16.5. The molecule has 2 aromatic rings. The molecule has 0 bridgehead atoms. The van der Waals surface area contributed by atoms with Gasteiger partial charge in [-0.3, -0.25) is 4.79 Å². The number of para-hydroxylation sites is 1. The van der Waals surface area contributed by atoms with Crippen LogP contribution in [0.1, 0.15) is 15.9 Å². The van der Waals surface area contributed by atoms with Crippen molar-refractivity contribution in [3.63, 3.8) is 0 Å². The van der Waals surface area contributed by atoms with Crippen LogP contribution in [0.2, 0.25) is 0 Å². The first-order chi connectivity index (χ1) is 12.0. The van der Waals surface area contributed by atoms with E-state index in [1.165, 1.54) is 19.3 Å². The van der Waals surface area contributed by atoms with Gasteiger partial charge in [0.25, 0.3) is 0 Å². The molecule has 25 heavy (non-hydrogen) atoms. The van der Waals surface area contributed by atoms with Gasteiger partial charge in [-0.05, 0) is 30.4 Å². The van der Waals surface area contributed by atoms with Crippen molar-refractivity contribution in [2.24, 2.45) is 0 Å². The summed E-state index contributed by atoms with van der Waals surface area (Å²) in [5.41, 5.74) is 1.09. The third kappa shape index (κ3) is 4.84. The number of rotatable bonds is 8. The highest BCUT2D eigenvalue weighted by molar-refractivity contribution is 6.07. The first kappa shape index (κ1) is 18.1. The maximum Gasteiger partial charge on any atom is 0.341 e. The van der Waals surface area contributed by atoms with Gasteiger partial charge in [-0.25, -0.2) is 4.79 Å². The number of methoxy groups -OCH3 is 2. The van der Waals surface area contributed by atoms with Gasteiger partial charge in [-0.2, -0.15) is 0 Å². The highest BCUT2D eigenvalue weighted by Crippen LogP contribution is 2.31. The number of hydrogen-bond donors (Lipinski definition) is 1. The Hall–Kier alpha value is -3.28. The molecule has 1 N–H and O–H groups in total. The minimum Gasteiger partial charge on any atom is -0.493 e. The van der Waals surface area contributed by atoms with Crippen molar-refractivity contribution in [2.45, 2.75) is 0 Å². The summed E-state index contributed by atoms with van der Waals surface area (Å²) in [6.07, 6.45) is 3.04. The number of benzene rings is 2. The molecule has 130 valence electrons. The van der Waals surface area contributed by atoms with E-state index in [4.69, 9.17) is 19.3 Å². The Morgan fingerprint density at radius 3 is 2.52 bits per heavy atom. The van der Waals surface area contributed by atoms with Gasteiger partial charge < -0.3 is 19.3 Å². The predicted molar refractivity (Wildman–Crippen MR) is 92.5 cm³/mol. The summed E-state index contributed by atoms with van der Waals surface area (Å²) in [6, 6.07) is 11.7. The van der Waals surface area contributed by atoms with Crippen LogP contribution >= 0.6 is 0 Å². The Kier molecular flexibility index (Phi) is 6.17.